The maximum Gasteiger partial charge on any atom is 0.338 e. The number of aryl methyl sites for hydroxylation is 1. The van der Waals surface area contributed by atoms with Crippen molar-refractivity contribution >= 4 is 29.2 Å². The lowest BCUT2D eigenvalue weighted by Gasteiger charge is -2.30. The van der Waals surface area contributed by atoms with E-state index in [1.54, 1.807) is 48.7 Å². The SMILES string of the molecule is CCc1nccn1C[C@@]1(c2ccc(Cl)cc2Cl)OC[C@@H](COC(=O)c2ccccc2)O1. The Kier molecular flexibility index (Phi) is 6.62. The van der Waals surface area contributed by atoms with Crippen molar-refractivity contribution in [2.75, 3.05) is 13.2 Å². The van der Waals surface area contributed by atoms with Crippen LogP contribution in [-0.2, 0) is 33.0 Å². The molecule has 4 rings (SSSR count). The summed E-state index contributed by atoms with van der Waals surface area (Å²) in [5, 5.41) is 0.958. The van der Waals surface area contributed by atoms with Gasteiger partial charge < -0.3 is 18.8 Å². The number of hydrogen-bond donors (Lipinski definition) is 0. The van der Waals surface area contributed by atoms with Gasteiger partial charge in [-0.1, -0.05) is 54.4 Å². The van der Waals surface area contributed by atoms with E-state index in [9.17, 15) is 4.79 Å². The van der Waals surface area contributed by atoms with Gasteiger partial charge in [0.1, 0.15) is 18.5 Å². The van der Waals surface area contributed by atoms with E-state index in [4.69, 9.17) is 37.4 Å². The molecular formula is C23H22Cl2N2O4. The molecule has 6 nitrogen and oxygen atoms in total. The fourth-order valence-corrected chi connectivity index (χ4v) is 4.16. The average Bonchev–Trinajstić information content (AvgIpc) is 3.40. The molecule has 1 aromatic heterocycles. The quantitative estimate of drug-likeness (QED) is 0.470. The second kappa shape index (κ2) is 9.40. The molecule has 0 radical (unpaired) electrons. The summed E-state index contributed by atoms with van der Waals surface area (Å²) in [5.74, 6) is -0.666. The molecule has 1 saturated heterocycles. The molecule has 2 heterocycles. The van der Waals surface area contributed by atoms with Gasteiger partial charge in [0.05, 0.1) is 23.7 Å². The van der Waals surface area contributed by atoms with Crippen LogP contribution in [0.25, 0.3) is 0 Å². The second-order valence-corrected chi connectivity index (χ2v) is 8.06. The minimum absolute atomic E-state index is 0.0608. The zero-order valence-electron chi connectivity index (χ0n) is 17.0. The van der Waals surface area contributed by atoms with E-state index >= 15 is 0 Å². The maximum absolute atomic E-state index is 12.3. The van der Waals surface area contributed by atoms with Gasteiger partial charge in [-0.15, -0.1) is 0 Å². The first-order valence-corrected chi connectivity index (χ1v) is 10.8. The van der Waals surface area contributed by atoms with Crippen LogP contribution in [-0.4, -0.2) is 34.8 Å². The first kappa shape index (κ1) is 21.8. The highest BCUT2D eigenvalue weighted by Crippen LogP contribution is 2.40. The predicted molar refractivity (Wildman–Crippen MR) is 117 cm³/mol. The Labute approximate surface area is 190 Å². The zero-order chi connectivity index (χ0) is 21.8. The molecule has 0 spiro atoms. The molecule has 0 unspecified atom stereocenters. The van der Waals surface area contributed by atoms with Crippen molar-refractivity contribution in [3.63, 3.8) is 0 Å². The van der Waals surface area contributed by atoms with Crippen LogP contribution in [0, 0.1) is 0 Å². The van der Waals surface area contributed by atoms with Crippen LogP contribution in [0.4, 0.5) is 0 Å². The molecule has 0 amide bonds. The molecule has 1 aliphatic heterocycles. The molecule has 2 atom stereocenters. The lowest BCUT2D eigenvalue weighted by molar-refractivity contribution is -0.190. The normalized spacial score (nSPS) is 20.7. The summed E-state index contributed by atoms with van der Waals surface area (Å²) in [6.07, 6.45) is 3.92. The number of rotatable bonds is 7. The minimum Gasteiger partial charge on any atom is -0.459 e. The third-order valence-corrected chi connectivity index (χ3v) is 5.65. The van der Waals surface area contributed by atoms with E-state index in [1.807, 2.05) is 23.8 Å². The largest absolute Gasteiger partial charge is 0.459 e. The van der Waals surface area contributed by atoms with Crippen molar-refractivity contribution in [2.45, 2.75) is 31.8 Å². The summed E-state index contributed by atoms with van der Waals surface area (Å²) in [4.78, 5) is 16.7. The van der Waals surface area contributed by atoms with Gasteiger partial charge in [-0.2, -0.15) is 0 Å². The molecule has 31 heavy (non-hydrogen) atoms. The Morgan fingerprint density at radius 3 is 2.81 bits per heavy atom. The monoisotopic (exact) mass is 460 g/mol. The Bertz CT molecular complexity index is 1060. The molecule has 1 fully saturated rings. The van der Waals surface area contributed by atoms with Gasteiger partial charge in [-0.3, -0.25) is 0 Å². The molecule has 2 aromatic carbocycles. The molecule has 162 valence electrons. The van der Waals surface area contributed by atoms with E-state index in [0.717, 1.165) is 12.2 Å². The van der Waals surface area contributed by atoms with Gasteiger partial charge in [0, 0.05) is 29.4 Å². The van der Waals surface area contributed by atoms with Gasteiger partial charge in [-0.25, -0.2) is 9.78 Å². The van der Waals surface area contributed by atoms with E-state index < -0.39 is 17.9 Å². The lowest BCUT2D eigenvalue weighted by atomic mass is 10.1. The van der Waals surface area contributed by atoms with Gasteiger partial charge in [0.2, 0.25) is 5.79 Å². The van der Waals surface area contributed by atoms with Crippen LogP contribution in [0.5, 0.6) is 0 Å². The highest BCUT2D eigenvalue weighted by molar-refractivity contribution is 6.35. The molecule has 0 saturated carbocycles. The second-order valence-electron chi connectivity index (χ2n) is 7.22. The van der Waals surface area contributed by atoms with E-state index in [2.05, 4.69) is 4.98 Å². The van der Waals surface area contributed by atoms with Crippen LogP contribution < -0.4 is 0 Å². The molecule has 3 aromatic rings. The number of hydrogen-bond acceptors (Lipinski definition) is 5. The van der Waals surface area contributed by atoms with Crippen molar-refractivity contribution in [1.29, 1.82) is 0 Å². The number of halogens is 2. The van der Waals surface area contributed by atoms with E-state index in [0.29, 0.717) is 27.7 Å². The minimum atomic E-state index is -1.16. The number of aromatic nitrogens is 2. The number of carbonyl (C=O) groups excluding carboxylic acids is 1. The van der Waals surface area contributed by atoms with Crippen molar-refractivity contribution in [3.05, 3.63) is 87.9 Å². The average molecular weight is 461 g/mol. The molecule has 8 heteroatoms. The van der Waals surface area contributed by atoms with Crippen LogP contribution in [0.15, 0.2) is 60.9 Å². The summed E-state index contributed by atoms with van der Waals surface area (Å²) < 4.78 is 19.9. The van der Waals surface area contributed by atoms with Crippen molar-refractivity contribution in [2.24, 2.45) is 0 Å². The van der Waals surface area contributed by atoms with Crippen LogP contribution in [0.2, 0.25) is 10.0 Å². The Morgan fingerprint density at radius 1 is 1.26 bits per heavy atom. The predicted octanol–water partition coefficient (Wildman–Crippen LogP) is 4.88. The maximum atomic E-state index is 12.3. The highest BCUT2D eigenvalue weighted by Gasteiger charge is 2.45. The van der Waals surface area contributed by atoms with Crippen molar-refractivity contribution in [1.82, 2.24) is 9.55 Å². The number of carbonyl (C=O) groups is 1. The Hall–Kier alpha value is -2.38. The van der Waals surface area contributed by atoms with E-state index in [-0.39, 0.29) is 13.2 Å². The third kappa shape index (κ3) is 4.77. The first-order valence-electron chi connectivity index (χ1n) is 10.0. The summed E-state index contributed by atoms with van der Waals surface area (Å²) >= 11 is 12.6. The van der Waals surface area contributed by atoms with Gasteiger partial charge in [0.25, 0.3) is 0 Å². The van der Waals surface area contributed by atoms with Gasteiger partial charge in [0.15, 0.2) is 0 Å². The Morgan fingerprint density at radius 2 is 2.06 bits per heavy atom. The fraction of sp³-hybridized carbons (Fsp3) is 0.304. The van der Waals surface area contributed by atoms with Crippen molar-refractivity contribution in [3.8, 4) is 0 Å². The molecular weight excluding hydrogens is 439 g/mol. The number of imidazole rings is 1. The first-order chi connectivity index (χ1) is 15.0. The van der Waals surface area contributed by atoms with E-state index in [1.165, 1.54) is 0 Å². The van der Waals surface area contributed by atoms with Crippen LogP contribution >= 0.6 is 23.2 Å². The molecule has 0 bridgehead atoms. The number of benzene rings is 2. The summed E-state index contributed by atoms with van der Waals surface area (Å²) in [5.41, 5.74) is 1.14. The number of esters is 1. The standard InChI is InChI=1S/C23H22Cl2N2O4/c1-2-21-26-10-11-27(21)15-23(19-9-8-17(24)12-20(19)25)30-14-18(31-23)13-29-22(28)16-6-4-3-5-7-16/h3-12,18H,2,13-15H2,1H3/t18-,23-/m1/s1. The summed E-state index contributed by atoms with van der Waals surface area (Å²) in [6, 6.07) is 14.0. The molecule has 0 aliphatic carbocycles. The lowest BCUT2D eigenvalue weighted by Crippen LogP contribution is -2.35. The summed E-state index contributed by atoms with van der Waals surface area (Å²) in [6.45, 7) is 2.69. The van der Waals surface area contributed by atoms with Crippen molar-refractivity contribution < 1.29 is 19.0 Å². The third-order valence-electron chi connectivity index (χ3n) is 5.11. The molecule has 1 aliphatic rings. The van der Waals surface area contributed by atoms with Crippen LogP contribution in [0.3, 0.4) is 0 Å². The Balaban J connectivity index is 1.55. The topological polar surface area (TPSA) is 62.6 Å². The fourth-order valence-electron chi connectivity index (χ4n) is 3.60. The molecule has 0 N–H and O–H groups in total. The smallest absolute Gasteiger partial charge is 0.338 e. The van der Waals surface area contributed by atoms with Gasteiger partial charge in [-0.05, 0) is 24.3 Å². The summed E-state index contributed by atoms with van der Waals surface area (Å²) in [7, 11) is 0. The van der Waals surface area contributed by atoms with Gasteiger partial charge >= 0.3 is 5.97 Å². The van der Waals surface area contributed by atoms with Crippen LogP contribution in [0.1, 0.15) is 28.7 Å². The number of ether oxygens (including phenoxy) is 3. The number of nitrogens with zero attached hydrogens (tertiary/aromatic N) is 2. The highest BCUT2D eigenvalue weighted by atomic mass is 35.5. The zero-order valence-corrected chi connectivity index (χ0v) is 18.5.